The summed E-state index contributed by atoms with van der Waals surface area (Å²) in [7, 11) is -3.12. The van der Waals surface area contributed by atoms with Crippen LogP contribution in [-0.2, 0) is 14.8 Å². The van der Waals surface area contributed by atoms with Crippen LogP contribution in [0.25, 0.3) is 0 Å². The van der Waals surface area contributed by atoms with Crippen molar-refractivity contribution >= 4 is 28.6 Å². The number of rotatable bonds is 6. The van der Waals surface area contributed by atoms with Crippen molar-refractivity contribution in [2.75, 3.05) is 19.3 Å². The van der Waals surface area contributed by atoms with Crippen LogP contribution in [0.15, 0.2) is 0 Å². The van der Waals surface area contributed by atoms with E-state index < -0.39 is 10.0 Å². The van der Waals surface area contributed by atoms with Gasteiger partial charge in [0.1, 0.15) is 0 Å². The Morgan fingerprint density at radius 2 is 2.00 bits per heavy atom. The second-order valence-electron chi connectivity index (χ2n) is 2.99. The maximum Gasteiger partial charge on any atom is 0.232 e. The molecule has 1 amide bonds. The predicted molar refractivity (Wildman–Crippen MR) is 58.9 cm³/mol. The van der Waals surface area contributed by atoms with Crippen molar-refractivity contribution in [2.24, 2.45) is 0 Å². The van der Waals surface area contributed by atoms with Crippen molar-refractivity contribution < 1.29 is 13.2 Å². The van der Waals surface area contributed by atoms with Gasteiger partial charge in [-0.25, -0.2) is 13.1 Å². The van der Waals surface area contributed by atoms with Crippen LogP contribution in [0.5, 0.6) is 0 Å². The van der Waals surface area contributed by atoms with Crippen LogP contribution in [0.4, 0.5) is 0 Å². The molecule has 0 heterocycles. The fourth-order valence-corrected chi connectivity index (χ4v) is 1.31. The second-order valence-corrected chi connectivity index (χ2v) is 5.59. The zero-order valence-electron chi connectivity index (χ0n) is 8.28. The van der Waals surface area contributed by atoms with Crippen molar-refractivity contribution in [1.29, 1.82) is 0 Å². The number of sulfonamides is 1. The maximum atomic E-state index is 11.0. The molecule has 0 aromatic rings. The summed E-state index contributed by atoms with van der Waals surface area (Å²) in [6.45, 7) is 2.46. The number of hydrogen-bond acceptors (Lipinski definition) is 4. The molecule has 2 N–H and O–H groups in total. The number of carbonyl (C=O) groups excluding carboxylic acids is 1. The minimum Gasteiger partial charge on any atom is -0.355 e. The molecule has 0 aliphatic rings. The van der Waals surface area contributed by atoms with E-state index in [4.69, 9.17) is 0 Å². The summed E-state index contributed by atoms with van der Waals surface area (Å²) in [5, 5.41) is 2.28. The lowest BCUT2D eigenvalue weighted by atomic mass is 10.4. The Morgan fingerprint density at radius 3 is 2.43 bits per heavy atom. The lowest BCUT2D eigenvalue weighted by Gasteiger charge is -2.06. The smallest absolute Gasteiger partial charge is 0.232 e. The summed E-state index contributed by atoms with van der Waals surface area (Å²) < 4.78 is 23.6. The molecule has 0 aromatic carbocycles. The monoisotopic (exact) mass is 240 g/mol. The molecule has 0 saturated heterocycles. The molecule has 0 saturated carbocycles. The first-order chi connectivity index (χ1) is 6.33. The summed E-state index contributed by atoms with van der Waals surface area (Å²) in [6.07, 6.45) is 1.67. The van der Waals surface area contributed by atoms with Gasteiger partial charge in [0.05, 0.1) is 11.5 Å². The van der Waals surface area contributed by atoms with E-state index in [2.05, 4.69) is 22.7 Å². The summed E-state index contributed by atoms with van der Waals surface area (Å²) in [5.74, 6) is -0.146. The second kappa shape index (κ2) is 6.26. The van der Waals surface area contributed by atoms with Gasteiger partial charge in [0.25, 0.3) is 0 Å². The van der Waals surface area contributed by atoms with E-state index in [1.807, 2.05) is 0 Å². The molecule has 0 bridgehead atoms. The first kappa shape index (κ1) is 13.7. The lowest BCUT2D eigenvalue weighted by Crippen LogP contribution is -2.32. The summed E-state index contributed by atoms with van der Waals surface area (Å²) >= 11 is 3.94. The van der Waals surface area contributed by atoms with Gasteiger partial charge < -0.3 is 5.32 Å². The Balaban J connectivity index is 3.44. The van der Waals surface area contributed by atoms with Crippen molar-refractivity contribution in [2.45, 2.75) is 18.6 Å². The average molecular weight is 240 g/mol. The standard InChI is InChI=1S/C7H16N2O3S2/c1-6(13)7(10)8-4-3-5-9-14(2,11)12/h6,9,13H,3-5H2,1-2H3,(H,8,10). The van der Waals surface area contributed by atoms with Gasteiger partial charge in [-0.3, -0.25) is 4.79 Å². The maximum absolute atomic E-state index is 11.0. The Labute approximate surface area is 90.1 Å². The van der Waals surface area contributed by atoms with Crippen LogP contribution < -0.4 is 10.0 Å². The first-order valence-corrected chi connectivity index (χ1v) is 6.64. The number of carbonyl (C=O) groups is 1. The van der Waals surface area contributed by atoms with Crippen LogP contribution >= 0.6 is 12.6 Å². The van der Waals surface area contributed by atoms with Gasteiger partial charge in [0, 0.05) is 13.1 Å². The highest BCUT2D eigenvalue weighted by Crippen LogP contribution is 1.90. The van der Waals surface area contributed by atoms with Gasteiger partial charge in [0.15, 0.2) is 0 Å². The van der Waals surface area contributed by atoms with Gasteiger partial charge in [-0.05, 0) is 13.3 Å². The molecule has 0 spiro atoms. The lowest BCUT2D eigenvalue weighted by molar-refractivity contribution is -0.120. The van der Waals surface area contributed by atoms with Crippen molar-refractivity contribution in [3.63, 3.8) is 0 Å². The van der Waals surface area contributed by atoms with E-state index in [1.54, 1.807) is 6.92 Å². The molecule has 0 radical (unpaired) electrons. The largest absolute Gasteiger partial charge is 0.355 e. The Kier molecular flexibility index (Phi) is 6.14. The highest BCUT2D eigenvalue weighted by Gasteiger charge is 2.05. The van der Waals surface area contributed by atoms with Crippen molar-refractivity contribution in [3.05, 3.63) is 0 Å². The Hall–Kier alpha value is -0.270. The quantitative estimate of drug-likeness (QED) is 0.427. The third-order valence-corrected chi connectivity index (χ3v) is 2.36. The molecule has 84 valence electrons. The van der Waals surface area contributed by atoms with E-state index in [0.29, 0.717) is 19.5 Å². The molecule has 1 unspecified atom stereocenters. The summed E-state index contributed by atoms with van der Waals surface area (Å²) in [5.41, 5.74) is 0. The fourth-order valence-electron chi connectivity index (χ4n) is 0.705. The van der Waals surface area contributed by atoms with Gasteiger partial charge >= 0.3 is 0 Å². The molecule has 14 heavy (non-hydrogen) atoms. The van der Waals surface area contributed by atoms with E-state index in [0.717, 1.165) is 6.26 Å². The molecule has 0 fully saturated rings. The number of hydrogen-bond donors (Lipinski definition) is 3. The van der Waals surface area contributed by atoms with Crippen LogP contribution in [0.2, 0.25) is 0 Å². The van der Waals surface area contributed by atoms with E-state index in [-0.39, 0.29) is 11.2 Å². The van der Waals surface area contributed by atoms with Crippen LogP contribution in [0, 0.1) is 0 Å². The third-order valence-electron chi connectivity index (χ3n) is 1.40. The average Bonchev–Trinajstić information content (AvgIpc) is 2.01. The van der Waals surface area contributed by atoms with E-state index >= 15 is 0 Å². The fraction of sp³-hybridized carbons (Fsp3) is 0.857. The SMILES string of the molecule is CC(S)C(=O)NCCCNS(C)(=O)=O. The van der Waals surface area contributed by atoms with Crippen molar-refractivity contribution in [1.82, 2.24) is 10.0 Å². The molecular formula is C7H16N2O3S2. The highest BCUT2D eigenvalue weighted by atomic mass is 32.2. The van der Waals surface area contributed by atoms with Crippen LogP contribution in [0.1, 0.15) is 13.3 Å². The van der Waals surface area contributed by atoms with Crippen LogP contribution in [0.3, 0.4) is 0 Å². The normalized spacial score (nSPS) is 13.6. The van der Waals surface area contributed by atoms with Crippen molar-refractivity contribution in [3.8, 4) is 0 Å². The zero-order chi connectivity index (χ0) is 11.2. The van der Waals surface area contributed by atoms with Gasteiger partial charge in [-0.2, -0.15) is 12.6 Å². The Bertz CT molecular complexity index is 275. The third kappa shape index (κ3) is 8.33. The number of amides is 1. The molecule has 0 aromatic heterocycles. The zero-order valence-corrected chi connectivity index (χ0v) is 9.99. The topological polar surface area (TPSA) is 75.3 Å². The van der Waals surface area contributed by atoms with Gasteiger partial charge in [0.2, 0.25) is 15.9 Å². The molecule has 1 atom stereocenters. The molecule has 0 rings (SSSR count). The van der Waals surface area contributed by atoms with Gasteiger partial charge in [-0.1, -0.05) is 0 Å². The molecule has 0 aliphatic heterocycles. The van der Waals surface area contributed by atoms with E-state index in [1.165, 1.54) is 0 Å². The number of nitrogens with one attached hydrogen (secondary N) is 2. The minimum absolute atomic E-state index is 0.146. The molecular weight excluding hydrogens is 224 g/mol. The molecule has 5 nitrogen and oxygen atoms in total. The molecule has 7 heteroatoms. The van der Waals surface area contributed by atoms with E-state index in [9.17, 15) is 13.2 Å². The number of thiol groups is 1. The first-order valence-electron chi connectivity index (χ1n) is 4.23. The predicted octanol–water partition coefficient (Wildman–Crippen LogP) is -0.640. The summed E-state index contributed by atoms with van der Waals surface area (Å²) in [4.78, 5) is 11.0. The highest BCUT2D eigenvalue weighted by molar-refractivity contribution is 7.88. The van der Waals surface area contributed by atoms with Crippen LogP contribution in [-0.4, -0.2) is 38.9 Å². The minimum atomic E-state index is -3.12. The van der Waals surface area contributed by atoms with Gasteiger partial charge in [-0.15, -0.1) is 0 Å². The molecule has 0 aliphatic carbocycles. The Morgan fingerprint density at radius 1 is 1.43 bits per heavy atom. The summed E-state index contributed by atoms with van der Waals surface area (Å²) in [6, 6.07) is 0.